The minimum absolute atomic E-state index is 0.246. The van der Waals surface area contributed by atoms with Crippen LogP contribution in [0.15, 0.2) is 0 Å². The molecule has 0 unspecified atom stereocenters. The molecule has 1 aromatic rings. The van der Waals surface area contributed by atoms with Gasteiger partial charge in [0.1, 0.15) is 0 Å². The molecule has 0 spiro atoms. The molecule has 1 aliphatic carbocycles. The quantitative estimate of drug-likeness (QED) is 0.930. The molecule has 2 heterocycles. The molecule has 5 heteroatoms. The first-order valence-electron chi connectivity index (χ1n) is 8.67. The van der Waals surface area contributed by atoms with E-state index >= 15 is 0 Å². The van der Waals surface area contributed by atoms with E-state index in [1.165, 1.54) is 32.1 Å². The maximum Gasteiger partial charge on any atom is 0.227 e. The lowest BCUT2D eigenvalue weighted by atomic mass is 9.94. The van der Waals surface area contributed by atoms with Crippen molar-refractivity contribution in [3.63, 3.8) is 0 Å². The second-order valence-electron chi connectivity index (χ2n) is 6.80. The molecule has 2 fully saturated rings. The lowest BCUT2D eigenvalue weighted by Gasteiger charge is -2.40. The maximum absolute atomic E-state index is 12.5. The van der Waals surface area contributed by atoms with Gasteiger partial charge in [0.25, 0.3) is 0 Å². The molecule has 122 valence electrons. The molecule has 22 heavy (non-hydrogen) atoms. The van der Waals surface area contributed by atoms with Gasteiger partial charge in [-0.05, 0) is 26.7 Å². The number of piperazine rings is 1. The molecular formula is C17H28N4O. The third-order valence-electron chi connectivity index (χ3n) is 5.37. The zero-order valence-electron chi connectivity index (χ0n) is 13.9. The van der Waals surface area contributed by atoms with Gasteiger partial charge in [0.05, 0.1) is 12.1 Å². The summed E-state index contributed by atoms with van der Waals surface area (Å²) in [6, 6.07) is 0.768. The number of carbonyl (C=O) groups is 1. The van der Waals surface area contributed by atoms with E-state index < -0.39 is 0 Å². The van der Waals surface area contributed by atoms with Crippen LogP contribution in [0.1, 0.15) is 49.1 Å². The monoisotopic (exact) mass is 304 g/mol. The highest BCUT2D eigenvalue weighted by Gasteiger charge is 2.27. The van der Waals surface area contributed by atoms with Crippen molar-refractivity contribution in [2.45, 2.75) is 58.4 Å². The highest BCUT2D eigenvalue weighted by molar-refractivity contribution is 5.79. The average Bonchev–Trinajstić information content (AvgIpc) is 2.88. The normalized spacial score (nSPS) is 21.3. The first-order valence-corrected chi connectivity index (χ1v) is 8.67. The third kappa shape index (κ3) is 3.35. The van der Waals surface area contributed by atoms with E-state index in [1.54, 1.807) is 0 Å². The van der Waals surface area contributed by atoms with Gasteiger partial charge in [0.15, 0.2) is 0 Å². The van der Waals surface area contributed by atoms with Crippen LogP contribution in [0, 0.1) is 13.8 Å². The first-order chi connectivity index (χ1) is 10.6. The lowest BCUT2D eigenvalue weighted by molar-refractivity contribution is -0.132. The molecule has 1 saturated heterocycles. The van der Waals surface area contributed by atoms with E-state index in [0.717, 1.165) is 49.2 Å². The molecule has 0 aromatic carbocycles. The number of rotatable bonds is 3. The smallest absolute Gasteiger partial charge is 0.227 e. The van der Waals surface area contributed by atoms with Crippen molar-refractivity contribution in [3.05, 3.63) is 17.0 Å². The number of aromatic amines is 1. The van der Waals surface area contributed by atoms with Gasteiger partial charge in [-0.3, -0.25) is 14.8 Å². The van der Waals surface area contributed by atoms with Crippen LogP contribution in [0.2, 0.25) is 0 Å². The first kappa shape index (κ1) is 15.5. The Morgan fingerprint density at radius 1 is 1.14 bits per heavy atom. The number of hydrogen-bond acceptors (Lipinski definition) is 3. The number of nitrogens with zero attached hydrogens (tertiary/aromatic N) is 3. The van der Waals surface area contributed by atoms with Crippen LogP contribution in [-0.2, 0) is 11.2 Å². The Kier molecular flexibility index (Phi) is 4.81. The van der Waals surface area contributed by atoms with Crippen molar-refractivity contribution < 1.29 is 4.79 Å². The molecule has 2 aliphatic rings. The summed E-state index contributed by atoms with van der Waals surface area (Å²) in [5.41, 5.74) is 3.04. The Balaban J connectivity index is 1.51. The minimum atomic E-state index is 0.246. The van der Waals surface area contributed by atoms with Crippen LogP contribution in [0.5, 0.6) is 0 Å². The van der Waals surface area contributed by atoms with E-state index in [4.69, 9.17) is 0 Å². The maximum atomic E-state index is 12.5. The molecule has 0 atom stereocenters. The van der Waals surface area contributed by atoms with Crippen LogP contribution < -0.4 is 0 Å². The number of hydrogen-bond donors (Lipinski definition) is 1. The van der Waals surface area contributed by atoms with Gasteiger partial charge in [-0.25, -0.2) is 0 Å². The van der Waals surface area contributed by atoms with Crippen molar-refractivity contribution in [3.8, 4) is 0 Å². The fourth-order valence-corrected chi connectivity index (χ4v) is 3.88. The van der Waals surface area contributed by atoms with E-state index in [2.05, 4.69) is 15.1 Å². The molecule has 1 aliphatic heterocycles. The molecule has 0 radical (unpaired) electrons. The van der Waals surface area contributed by atoms with E-state index in [1.807, 2.05) is 18.7 Å². The van der Waals surface area contributed by atoms with Crippen molar-refractivity contribution in [1.29, 1.82) is 0 Å². The van der Waals surface area contributed by atoms with Crippen molar-refractivity contribution in [2.24, 2.45) is 0 Å². The van der Waals surface area contributed by atoms with Gasteiger partial charge in [-0.2, -0.15) is 5.10 Å². The number of carbonyl (C=O) groups excluding carboxylic acids is 1. The Labute approximate surface area is 133 Å². The Morgan fingerprint density at radius 2 is 1.82 bits per heavy atom. The van der Waals surface area contributed by atoms with Crippen molar-refractivity contribution in [1.82, 2.24) is 20.0 Å². The van der Waals surface area contributed by atoms with Crippen molar-refractivity contribution in [2.75, 3.05) is 26.2 Å². The van der Waals surface area contributed by atoms with Crippen LogP contribution >= 0.6 is 0 Å². The number of amides is 1. The van der Waals surface area contributed by atoms with Crippen LogP contribution in [0.4, 0.5) is 0 Å². The average molecular weight is 304 g/mol. The molecular weight excluding hydrogens is 276 g/mol. The summed E-state index contributed by atoms with van der Waals surface area (Å²) in [6.07, 6.45) is 7.34. The third-order valence-corrected chi connectivity index (χ3v) is 5.37. The zero-order valence-corrected chi connectivity index (χ0v) is 13.9. The van der Waals surface area contributed by atoms with Gasteiger partial charge in [0.2, 0.25) is 5.91 Å². The topological polar surface area (TPSA) is 52.2 Å². The number of aryl methyl sites for hydroxylation is 2. The standard InChI is InChI=1S/C17H28N4O/c1-13-16(14(2)19-18-13)12-17(22)21-10-8-20(9-11-21)15-6-4-3-5-7-15/h15H,3-12H2,1-2H3,(H,18,19). The number of nitrogens with one attached hydrogen (secondary N) is 1. The summed E-state index contributed by atoms with van der Waals surface area (Å²) in [6.45, 7) is 7.80. The summed E-state index contributed by atoms with van der Waals surface area (Å²) in [7, 11) is 0. The summed E-state index contributed by atoms with van der Waals surface area (Å²) in [4.78, 5) is 17.2. The molecule has 1 saturated carbocycles. The fourth-order valence-electron chi connectivity index (χ4n) is 3.88. The largest absolute Gasteiger partial charge is 0.340 e. The molecule has 3 rings (SSSR count). The van der Waals surface area contributed by atoms with Gasteiger partial charge < -0.3 is 4.90 Å². The molecule has 1 amide bonds. The Hall–Kier alpha value is -1.36. The van der Waals surface area contributed by atoms with Crippen LogP contribution in [0.25, 0.3) is 0 Å². The molecule has 5 nitrogen and oxygen atoms in total. The van der Waals surface area contributed by atoms with Gasteiger partial charge in [0, 0.05) is 43.5 Å². The lowest BCUT2D eigenvalue weighted by Crippen LogP contribution is -2.52. The van der Waals surface area contributed by atoms with Gasteiger partial charge in [-0.15, -0.1) is 0 Å². The number of aromatic nitrogens is 2. The predicted molar refractivity (Wildman–Crippen MR) is 86.8 cm³/mol. The Bertz CT molecular complexity index is 491. The predicted octanol–water partition coefficient (Wildman–Crippen LogP) is 2.05. The Morgan fingerprint density at radius 3 is 2.41 bits per heavy atom. The van der Waals surface area contributed by atoms with E-state index in [0.29, 0.717) is 6.42 Å². The molecule has 0 bridgehead atoms. The summed E-state index contributed by atoms with van der Waals surface area (Å²) in [5.74, 6) is 0.246. The van der Waals surface area contributed by atoms with E-state index in [9.17, 15) is 4.79 Å². The highest BCUT2D eigenvalue weighted by atomic mass is 16.2. The van der Waals surface area contributed by atoms with Gasteiger partial charge in [-0.1, -0.05) is 19.3 Å². The zero-order chi connectivity index (χ0) is 15.5. The van der Waals surface area contributed by atoms with Gasteiger partial charge >= 0.3 is 0 Å². The minimum Gasteiger partial charge on any atom is -0.340 e. The van der Waals surface area contributed by atoms with E-state index in [-0.39, 0.29) is 5.91 Å². The molecule has 1 N–H and O–H groups in total. The SMILES string of the molecule is Cc1n[nH]c(C)c1CC(=O)N1CCN(C2CCCCC2)CC1. The van der Waals surface area contributed by atoms with Crippen LogP contribution in [0.3, 0.4) is 0 Å². The summed E-state index contributed by atoms with van der Waals surface area (Å²) < 4.78 is 0. The number of H-pyrrole nitrogens is 1. The fraction of sp³-hybridized carbons (Fsp3) is 0.765. The second-order valence-corrected chi connectivity index (χ2v) is 6.80. The highest BCUT2D eigenvalue weighted by Crippen LogP contribution is 2.23. The van der Waals surface area contributed by atoms with Crippen molar-refractivity contribution >= 4 is 5.91 Å². The summed E-state index contributed by atoms with van der Waals surface area (Å²) in [5, 5.41) is 7.15. The molecule has 1 aromatic heterocycles. The summed E-state index contributed by atoms with van der Waals surface area (Å²) >= 11 is 0. The second kappa shape index (κ2) is 6.82. The van der Waals surface area contributed by atoms with Crippen LogP contribution in [-0.4, -0.2) is 58.1 Å².